The Kier molecular flexibility index (Phi) is 5.59. The minimum absolute atomic E-state index is 0.169. The molecular formula is C20H23IOSi. The Labute approximate surface area is 154 Å². The standard InChI is InChI=1S/C20H23IOSi/c1-20(2,3)23(4,5)22-19-13-9-7-11-17(19)15-14-16-10-6-8-12-18(16)21/h6-13H,1-5H3. The van der Waals surface area contributed by atoms with E-state index in [4.69, 9.17) is 4.43 Å². The van der Waals surface area contributed by atoms with Gasteiger partial charge in [0.15, 0.2) is 0 Å². The lowest BCUT2D eigenvalue weighted by Gasteiger charge is -2.36. The first kappa shape index (κ1) is 18.1. The minimum Gasteiger partial charge on any atom is -0.543 e. The van der Waals surface area contributed by atoms with Gasteiger partial charge in [-0.2, -0.15) is 0 Å². The molecule has 0 aliphatic carbocycles. The summed E-state index contributed by atoms with van der Waals surface area (Å²) in [6.45, 7) is 11.3. The van der Waals surface area contributed by atoms with Crippen LogP contribution in [0.3, 0.4) is 0 Å². The van der Waals surface area contributed by atoms with E-state index in [0.717, 1.165) is 16.9 Å². The molecule has 0 aliphatic heterocycles. The van der Waals surface area contributed by atoms with Crippen LogP contribution in [0.4, 0.5) is 0 Å². The first-order valence-electron chi connectivity index (χ1n) is 7.75. The summed E-state index contributed by atoms with van der Waals surface area (Å²) in [6.07, 6.45) is 0. The summed E-state index contributed by atoms with van der Waals surface area (Å²) in [5.74, 6) is 7.46. The van der Waals surface area contributed by atoms with E-state index in [-0.39, 0.29) is 5.04 Å². The summed E-state index contributed by atoms with van der Waals surface area (Å²) in [5.41, 5.74) is 2.01. The topological polar surface area (TPSA) is 9.23 Å². The maximum absolute atomic E-state index is 6.45. The molecule has 0 aromatic heterocycles. The SMILES string of the molecule is CC(C)(C)[Si](C)(C)Oc1ccccc1C#Cc1ccccc1I. The van der Waals surface area contributed by atoms with Crippen LogP contribution in [0.15, 0.2) is 48.5 Å². The van der Waals surface area contributed by atoms with Gasteiger partial charge >= 0.3 is 0 Å². The predicted molar refractivity (Wildman–Crippen MR) is 109 cm³/mol. The minimum atomic E-state index is -1.87. The Morgan fingerprint density at radius 1 is 0.870 bits per heavy atom. The van der Waals surface area contributed by atoms with Crippen molar-refractivity contribution in [3.8, 4) is 17.6 Å². The van der Waals surface area contributed by atoms with E-state index in [2.05, 4.69) is 74.4 Å². The van der Waals surface area contributed by atoms with Gasteiger partial charge in [0.25, 0.3) is 8.32 Å². The van der Waals surface area contributed by atoms with Crippen molar-refractivity contribution in [3.63, 3.8) is 0 Å². The van der Waals surface area contributed by atoms with Gasteiger partial charge in [-0.15, -0.1) is 0 Å². The van der Waals surface area contributed by atoms with E-state index in [0.29, 0.717) is 0 Å². The Hall–Kier alpha value is -1.25. The van der Waals surface area contributed by atoms with Crippen LogP contribution >= 0.6 is 22.6 Å². The van der Waals surface area contributed by atoms with Crippen LogP contribution in [0.1, 0.15) is 31.9 Å². The molecule has 0 N–H and O–H groups in total. The van der Waals surface area contributed by atoms with Crippen LogP contribution in [-0.2, 0) is 0 Å². The number of hydrogen-bond donors (Lipinski definition) is 0. The van der Waals surface area contributed by atoms with Gasteiger partial charge in [-0.3, -0.25) is 0 Å². The van der Waals surface area contributed by atoms with E-state index >= 15 is 0 Å². The Balaban J connectivity index is 2.35. The average molecular weight is 434 g/mol. The molecule has 0 fully saturated rings. The highest BCUT2D eigenvalue weighted by molar-refractivity contribution is 14.1. The molecule has 0 radical (unpaired) electrons. The number of para-hydroxylation sites is 1. The third kappa shape index (κ3) is 4.62. The number of hydrogen-bond acceptors (Lipinski definition) is 1. The molecule has 120 valence electrons. The molecule has 0 bridgehead atoms. The summed E-state index contributed by atoms with van der Waals surface area (Å²) >= 11 is 2.32. The summed E-state index contributed by atoms with van der Waals surface area (Å²) in [6, 6.07) is 16.3. The second-order valence-corrected chi connectivity index (χ2v) is 13.0. The molecule has 2 aromatic carbocycles. The molecule has 0 amide bonds. The van der Waals surface area contributed by atoms with Crippen LogP contribution in [0.25, 0.3) is 0 Å². The highest BCUT2D eigenvalue weighted by Gasteiger charge is 2.39. The maximum atomic E-state index is 6.45. The lowest BCUT2D eigenvalue weighted by molar-refractivity contribution is 0.491. The lowest BCUT2D eigenvalue weighted by Crippen LogP contribution is -2.44. The zero-order valence-electron chi connectivity index (χ0n) is 14.4. The molecule has 0 aliphatic rings. The largest absolute Gasteiger partial charge is 0.543 e. The monoisotopic (exact) mass is 434 g/mol. The molecule has 2 rings (SSSR count). The van der Waals surface area contributed by atoms with Gasteiger partial charge < -0.3 is 4.43 Å². The molecule has 1 nitrogen and oxygen atoms in total. The third-order valence-corrected chi connectivity index (χ3v) is 9.55. The molecular weight excluding hydrogens is 411 g/mol. The van der Waals surface area contributed by atoms with E-state index in [1.54, 1.807) is 0 Å². The second-order valence-electron chi connectivity index (χ2n) is 7.09. The van der Waals surface area contributed by atoms with Gasteiger partial charge in [0, 0.05) is 9.13 Å². The Bertz CT molecular complexity index is 748. The van der Waals surface area contributed by atoms with E-state index in [9.17, 15) is 0 Å². The van der Waals surface area contributed by atoms with Crippen LogP contribution in [0, 0.1) is 15.4 Å². The Morgan fingerprint density at radius 2 is 1.39 bits per heavy atom. The molecule has 0 saturated carbocycles. The normalized spacial score (nSPS) is 11.6. The number of benzene rings is 2. The van der Waals surface area contributed by atoms with Crippen molar-refractivity contribution in [1.82, 2.24) is 0 Å². The molecule has 0 atom stereocenters. The van der Waals surface area contributed by atoms with Crippen LogP contribution in [-0.4, -0.2) is 8.32 Å². The third-order valence-electron chi connectivity index (χ3n) is 4.26. The zero-order chi connectivity index (χ0) is 17.1. The highest BCUT2D eigenvalue weighted by Crippen LogP contribution is 2.38. The summed E-state index contributed by atoms with van der Waals surface area (Å²) in [4.78, 5) is 0. The first-order chi connectivity index (χ1) is 10.7. The van der Waals surface area contributed by atoms with Gasteiger partial charge in [0.05, 0.1) is 5.56 Å². The maximum Gasteiger partial charge on any atom is 0.250 e. The van der Waals surface area contributed by atoms with Crippen molar-refractivity contribution in [3.05, 3.63) is 63.2 Å². The van der Waals surface area contributed by atoms with E-state index in [1.165, 1.54) is 3.57 Å². The van der Waals surface area contributed by atoms with Gasteiger partial charge in [0.1, 0.15) is 5.75 Å². The number of halogens is 1. The van der Waals surface area contributed by atoms with Gasteiger partial charge in [0.2, 0.25) is 0 Å². The van der Waals surface area contributed by atoms with Crippen LogP contribution < -0.4 is 4.43 Å². The van der Waals surface area contributed by atoms with Gasteiger partial charge in [-0.05, 0) is 65.0 Å². The molecule has 0 heterocycles. The van der Waals surface area contributed by atoms with E-state index < -0.39 is 8.32 Å². The predicted octanol–water partition coefficient (Wildman–Crippen LogP) is 6.08. The lowest BCUT2D eigenvalue weighted by atomic mass is 10.1. The van der Waals surface area contributed by atoms with Crippen molar-refractivity contribution in [2.75, 3.05) is 0 Å². The molecule has 0 saturated heterocycles. The van der Waals surface area contributed by atoms with Crippen molar-refractivity contribution in [2.45, 2.75) is 38.9 Å². The fraction of sp³-hybridized carbons (Fsp3) is 0.300. The van der Waals surface area contributed by atoms with Crippen molar-refractivity contribution < 1.29 is 4.43 Å². The first-order valence-corrected chi connectivity index (χ1v) is 11.7. The Morgan fingerprint density at radius 3 is 2.00 bits per heavy atom. The summed E-state index contributed by atoms with van der Waals surface area (Å²) in [7, 11) is -1.87. The smallest absolute Gasteiger partial charge is 0.250 e. The van der Waals surface area contributed by atoms with Crippen molar-refractivity contribution in [1.29, 1.82) is 0 Å². The molecule has 23 heavy (non-hydrogen) atoms. The summed E-state index contributed by atoms with van der Waals surface area (Å²) < 4.78 is 7.62. The highest BCUT2D eigenvalue weighted by atomic mass is 127. The van der Waals surface area contributed by atoms with Gasteiger partial charge in [-0.25, -0.2) is 0 Å². The number of rotatable bonds is 2. The molecule has 0 spiro atoms. The zero-order valence-corrected chi connectivity index (χ0v) is 17.6. The van der Waals surface area contributed by atoms with Crippen LogP contribution in [0.5, 0.6) is 5.75 Å². The quantitative estimate of drug-likeness (QED) is 0.317. The van der Waals surface area contributed by atoms with Crippen molar-refractivity contribution >= 4 is 30.9 Å². The van der Waals surface area contributed by atoms with E-state index in [1.807, 2.05) is 42.5 Å². The van der Waals surface area contributed by atoms with Crippen molar-refractivity contribution in [2.24, 2.45) is 0 Å². The van der Waals surface area contributed by atoms with Crippen LogP contribution in [0.2, 0.25) is 18.1 Å². The fourth-order valence-electron chi connectivity index (χ4n) is 1.78. The fourth-order valence-corrected chi connectivity index (χ4v) is 3.34. The average Bonchev–Trinajstić information content (AvgIpc) is 2.46. The second kappa shape index (κ2) is 7.10. The molecule has 3 heteroatoms. The summed E-state index contributed by atoms with van der Waals surface area (Å²) in [5, 5.41) is 0.169. The van der Waals surface area contributed by atoms with Gasteiger partial charge in [-0.1, -0.05) is 56.9 Å². The molecule has 0 unspecified atom stereocenters. The molecule has 2 aromatic rings.